The molecule has 6 heteroatoms. The number of oxime groups is 1. The Morgan fingerprint density at radius 2 is 2.19 bits per heavy atom. The van der Waals surface area contributed by atoms with E-state index in [1.54, 1.807) is 23.2 Å². The van der Waals surface area contributed by atoms with Crippen LogP contribution in [-0.4, -0.2) is 29.6 Å². The molecule has 0 saturated heterocycles. The number of benzene rings is 1. The standard InChI is InChI=1S/C15H17FN4O/c1-20(9-7-12-4-2-3-8-18-12)14-6-5-11(10-13(14)16)15(17)19-21/h2-6,8,10,21H,7,9H2,1H3,(H2,17,19). The first-order valence-corrected chi connectivity index (χ1v) is 6.50. The van der Waals surface area contributed by atoms with Crippen molar-refractivity contribution in [1.29, 1.82) is 0 Å². The van der Waals surface area contributed by atoms with Crippen LogP contribution in [0.4, 0.5) is 10.1 Å². The third-order valence-corrected chi connectivity index (χ3v) is 3.19. The highest BCUT2D eigenvalue weighted by Gasteiger charge is 2.10. The third kappa shape index (κ3) is 3.68. The zero-order valence-corrected chi connectivity index (χ0v) is 11.7. The predicted octanol–water partition coefficient (Wildman–Crippen LogP) is 1.99. The van der Waals surface area contributed by atoms with E-state index in [9.17, 15) is 4.39 Å². The molecule has 1 heterocycles. The number of pyridine rings is 1. The summed E-state index contributed by atoms with van der Waals surface area (Å²) in [6.45, 7) is 0.636. The van der Waals surface area contributed by atoms with Gasteiger partial charge in [-0.1, -0.05) is 11.2 Å². The molecule has 110 valence electrons. The van der Waals surface area contributed by atoms with Gasteiger partial charge in [0.1, 0.15) is 5.82 Å². The lowest BCUT2D eigenvalue weighted by Crippen LogP contribution is -2.22. The Labute approximate surface area is 122 Å². The van der Waals surface area contributed by atoms with Gasteiger partial charge in [-0.05, 0) is 30.3 Å². The van der Waals surface area contributed by atoms with Crippen LogP contribution in [0.1, 0.15) is 11.3 Å². The molecule has 0 atom stereocenters. The van der Waals surface area contributed by atoms with Crippen LogP contribution >= 0.6 is 0 Å². The highest BCUT2D eigenvalue weighted by molar-refractivity contribution is 5.97. The van der Waals surface area contributed by atoms with Crippen molar-refractivity contribution in [3.05, 3.63) is 59.7 Å². The molecule has 0 unspecified atom stereocenters. The van der Waals surface area contributed by atoms with Gasteiger partial charge in [-0.3, -0.25) is 4.98 Å². The van der Waals surface area contributed by atoms with E-state index in [0.717, 1.165) is 12.1 Å². The molecule has 0 spiro atoms. The number of hydrogen-bond acceptors (Lipinski definition) is 4. The molecule has 0 radical (unpaired) electrons. The maximum Gasteiger partial charge on any atom is 0.170 e. The van der Waals surface area contributed by atoms with Gasteiger partial charge in [-0.25, -0.2) is 4.39 Å². The Balaban J connectivity index is 2.07. The summed E-state index contributed by atoms with van der Waals surface area (Å²) >= 11 is 0. The van der Waals surface area contributed by atoms with Gasteiger partial charge in [-0.15, -0.1) is 0 Å². The second kappa shape index (κ2) is 6.69. The van der Waals surface area contributed by atoms with Crippen LogP contribution in [0, 0.1) is 5.82 Å². The van der Waals surface area contributed by atoms with Crippen molar-refractivity contribution >= 4 is 11.5 Å². The number of halogens is 1. The molecule has 1 aromatic heterocycles. The molecule has 0 fully saturated rings. The van der Waals surface area contributed by atoms with Crippen molar-refractivity contribution in [3.8, 4) is 0 Å². The van der Waals surface area contributed by atoms with E-state index in [-0.39, 0.29) is 5.84 Å². The summed E-state index contributed by atoms with van der Waals surface area (Å²) in [5.41, 5.74) is 7.20. The first-order valence-electron chi connectivity index (χ1n) is 6.50. The molecule has 0 aliphatic rings. The summed E-state index contributed by atoms with van der Waals surface area (Å²) in [6.07, 6.45) is 2.46. The predicted molar refractivity (Wildman–Crippen MR) is 80.1 cm³/mol. The molecular weight excluding hydrogens is 271 g/mol. The Kier molecular flexibility index (Phi) is 4.71. The van der Waals surface area contributed by atoms with E-state index in [4.69, 9.17) is 10.9 Å². The second-order valence-corrected chi connectivity index (χ2v) is 4.64. The SMILES string of the molecule is CN(CCc1ccccn1)c1ccc(/C(N)=N/O)cc1F. The molecule has 5 nitrogen and oxygen atoms in total. The van der Waals surface area contributed by atoms with Crippen molar-refractivity contribution in [2.45, 2.75) is 6.42 Å². The van der Waals surface area contributed by atoms with Crippen LogP contribution in [-0.2, 0) is 6.42 Å². The lowest BCUT2D eigenvalue weighted by Gasteiger charge is -2.20. The average Bonchev–Trinajstić information content (AvgIpc) is 2.52. The number of nitrogens with zero attached hydrogens (tertiary/aromatic N) is 3. The Bertz CT molecular complexity index is 631. The fourth-order valence-electron chi connectivity index (χ4n) is 1.98. The maximum atomic E-state index is 14.1. The molecule has 0 aliphatic heterocycles. The molecule has 3 N–H and O–H groups in total. The number of aromatic nitrogens is 1. The zero-order valence-electron chi connectivity index (χ0n) is 11.7. The minimum Gasteiger partial charge on any atom is -0.409 e. The molecule has 2 rings (SSSR count). The Morgan fingerprint density at radius 3 is 2.81 bits per heavy atom. The molecule has 0 saturated carbocycles. The first-order chi connectivity index (χ1) is 10.1. The maximum absolute atomic E-state index is 14.1. The normalized spacial score (nSPS) is 11.4. The lowest BCUT2D eigenvalue weighted by molar-refractivity contribution is 0.318. The molecule has 0 bridgehead atoms. The van der Waals surface area contributed by atoms with Crippen molar-refractivity contribution in [3.63, 3.8) is 0 Å². The fraction of sp³-hybridized carbons (Fsp3) is 0.200. The number of hydrogen-bond donors (Lipinski definition) is 2. The Morgan fingerprint density at radius 1 is 1.38 bits per heavy atom. The number of rotatable bonds is 5. The van der Waals surface area contributed by atoms with Crippen molar-refractivity contribution in [1.82, 2.24) is 4.98 Å². The summed E-state index contributed by atoms with van der Waals surface area (Å²) in [4.78, 5) is 6.04. The van der Waals surface area contributed by atoms with Crippen LogP contribution in [0.25, 0.3) is 0 Å². The number of anilines is 1. The highest BCUT2D eigenvalue weighted by Crippen LogP contribution is 2.19. The molecular formula is C15H17FN4O. The molecule has 21 heavy (non-hydrogen) atoms. The smallest absolute Gasteiger partial charge is 0.170 e. The third-order valence-electron chi connectivity index (χ3n) is 3.19. The second-order valence-electron chi connectivity index (χ2n) is 4.64. The van der Waals surface area contributed by atoms with Gasteiger partial charge in [0, 0.05) is 37.5 Å². The van der Waals surface area contributed by atoms with Gasteiger partial charge >= 0.3 is 0 Å². The van der Waals surface area contributed by atoms with Gasteiger partial charge in [0.2, 0.25) is 0 Å². The summed E-state index contributed by atoms with van der Waals surface area (Å²) in [6, 6.07) is 10.2. The van der Waals surface area contributed by atoms with Crippen molar-refractivity contribution in [2.24, 2.45) is 10.9 Å². The topological polar surface area (TPSA) is 74.7 Å². The van der Waals surface area contributed by atoms with E-state index in [0.29, 0.717) is 17.8 Å². The van der Waals surface area contributed by atoms with Crippen LogP contribution in [0.15, 0.2) is 47.8 Å². The molecule has 0 amide bonds. The van der Waals surface area contributed by atoms with Gasteiger partial charge in [0.25, 0.3) is 0 Å². The van der Waals surface area contributed by atoms with Crippen molar-refractivity contribution < 1.29 is 9.60 Å². The van der Waals surface area contributed by atoms with Crippen LogP contribution < -0.4 is 10.6 Å². The van der Waals surface area contributed by atoms with Crippen molar-refractivity contribution in [2.75, 3.05) is 18.5 Å². The van der Waals surface area contributed by atoms with E-state index < -0.39 is 5.82 Å². The van der Waals surface area contributed by atoms with E-state index >= 15 is 0 Å². The average molecular weight is 288 g/mol. The highest BCUT2D eigenvalue weighted by atomic mass is 19.1. The molecule has 0 aliphatic carbocycles. The minimum atomic E-state index is -0.414. The largest absolute Gasteiger partial charge is 0.409 e. The van der Waals surface area contributed by atoms with Gasteiger partial charge in [0.05, 0.1) is 5.69 Å². The fourth-order valence-corrected chi connectivity index (χ4v) is 1.98. The van der Waals surface area contributed by atoms with Gasteiger partial charge in [-0.2, -0.15) is 0 Å². The van der Waals surface area contributed by atoms with E-state index in [1.165, 1.54) is 6.07 Å². The summed E-state index contributed by atoms with van der Waals surface area (Å²) < 4.78 is 14.1. The van der Waals surface area contributed by atoms with Crippen LogP contribution in [0.5, 0.6) is 0 Å². The molecule has 1 aromatic carbocycles. The Hall–Kier alpha value is -2.63. The summed E-state index contributed by atoms with van der Waals surface area (Å²) in [5, 5.41) is 11.4. The monoisotopic (exact) mass is 288 g/mol. The number of amidine groups is 1. The number of nitrogens with two attached hydrogens (primary N) is 1. The molecule has 2 aromatic rings. The van der Waals surface area contributed by atoms with E-state index in [1.807, 2.05) is 25.2 Å². The lowest BCUT2D eigenvalue weighted by atomic mass is 10.1. The number of likely N-dealkylation sites (N-methyl/N-ethyl adjacent to an activating group) is 1. The van der Waals surface area contributed by atoms with Crippen LogP contribution in [0.3, 0.4) is 0 Å². The minimum absolute atomic E-state index is 0.114. The summed E-state index contributed by atoms with van der Waals surface area (Å²) in [7, 11) is 1.81. The van der Waals surface area contributed by atoms with E-state index in [2.05, 4.69) is 10.1 Å². The van der Waals surface area contributed by atoms with Gasteiger partial charge in [0.15, 0.2) is 5.84 Å². The van der Waals surface area contributed by atoms with Crippen LogP contribution in [0.2, 0.25) is 0 Å². The van der Waals surface area contributed by atoms with Gasteiger partial charge < -0.3 is 15.8 Å². The zero-order chi connectivity index (χ0) is 15.2. The summed E-state index contributed by atoms with van der Waals surface area (Å²) in [5.74, 6) is -0.529. The quantitative estimate of drug-likeness (QED) is 0.382. The first kappa shape index (κ1) is 14.8.